The van der Waals surface area contributed by atoms with Gasteiger partial charge in [0.15, 0.2) is 0 Å². The molecule has 2 aromatic carbocycles. The van der Waals surface area contributed by atoms with E-state index in [1.807, 2.05) is 56.4 Å². The molecule has 2 heterocycles. The molecule has 0 spiro atoms. The molecule has 0 radical (unpaired) electrons. The summed E-state index contributed by atoms with van der Waals surface area (Å²) in [7, 11) is -3.67. The van der Waals surface area contributed by atoms with Crippen LogP contribution in [0.3, 0.4) is 0 Å². The second kappa shape index (κ2) is 10.2. The molecule has 0 saturated carbocycles. The lowest BCUT2D eigenvalue weighted by Crippen LogP contribution is -2.45. The molecule has 7 nitrogen and oxygen atoms in total. The second-order valence-electron chi connectivity index (χ2n) is 9.05. The normalized spacial score (nSPS) is 17.2. The standard InChI is InChI=1S/C26H33N3O4S/c1-4-28-15-13-21-16-24(11-12-25(21)28)34(31,32)29-14-5-6-22(18-29)26(30)27-17-20-7-9-23(10-8-20)33-19(2)3/h7-13,15-16,19,22H,4-6,14,17-18H2,1-3H3,(H,27,30). The van der Waals surface area contributed by atoms with Crippen molar-refractivity contribution in [2.75, 3.05) is 13.1 Å². The zero-order valence-corrected chi connectivity index (χ0v) is 20.8. The fourth-order valence-corrected chi connectivity index (χ4v) is 5.99. The SMILES string of the molecule is CCn1ccc2cc(S(=O)(=O)N3CCCC(C(=O)NCc4ccc(OC(C)C)cc4)C3)ccc21. The maximum Gasteiger partial charge on any atom is 0.243 e. The Kier molecular flexibility index (Phi) is 7.28. The number of rotatable bonds is 8. The Hall–Kier alpha value is -2.84. The third-order valence-corrected chi connectivity index (χ3v) is 8.10. The predicted molar refractivity (Wildman–Crippen MR) is 133 cm³/mol. The van der Waals surface area contributed by atoms with Crippen molar-refractivity contribution in [2.24, 2.45) is 5.92 Å². The molecule has 1 aliphatic rings. The van der Waals surface area contributed by atoms with E-state index in [4.69, 9.17) is 4.74 Å². The monoisotopic (exact) mass is 483 g/mol. The lowest BCUT2D eigenvalue weighted by Gasteiger charge is -2.31. The average molecular weight is 484 g/mol. The third kappa shape index (κ3) is 5.28. The first-order valence-electron chi connectivity index (χ1n) is 11.9. The third-order valence-electron chi connectivity index (χ3n) is 6.24. The number of benzene rings is 2. The van der Waals surface area contributed by atoms with E-state index in [0.717, 1.165) is 28.8 Å². The summed E-state index contributed by atoms with van der Waals surface area (Å²) in [5.74, 6) is 0.317. The van der Waals surface area contributed by atoms with Crippen molar-refractivity contribution in [3.05, 3.63) is 60.3 Å². The molecule has 1 atom stereocenters. The first-order valence-corrected chi connectivity index (χ1v) is 13.3. The van der Waals surface area contributed by atoms with Gasteiger partial charge in [0.25, 0.3) is 0 Å². The van der Waals surface area contributed by atoms with Crippen LogP contribution in [-0.4, -0.2) is 42.4 Å². The van der Waals surface area contributed by atoms with Crippen LogP contribution in [0.15, 0.2) is 59.6 Å². The fourth-order valence-electron chi connectivity index (χ4n) is 4.43. The number of nitrogens with zero attached hydrogens (tertiary/aromatic N) is 2. The van der Waals surface area contributed by atoms with Crippen LogP contribution >= 0.6 is 0 Å². The van der Waals surface area contributed by atoms with E-state index in [1.165, 1.54) is 4.31 Å². The van der Waals surface area contributed by atoms with Gasteiger partial charge in [-0.25, -0.2) is 8.42 Å². The van der Waals surface area contributed by atoms with Crippen LogP contribution in [-0.2, 0) is 27.9 Å². The number of hydrogen-bond acceptors (Lipinski definition) is 4. The van der Waals surface area contributed by atoms with Crippen molar-refractivity contribution in [1.29, 1.82) is 0 Å². The number of fused-ring (bicyclic) bond motifs is 1. The van der Waals surface area contributed by atoms with Crippen LogP contribution in [0.1, 0.15) is 39.2 Å². The van der Waals surface area contributed by atoms with Crippen LogP contribution in [0.2, 0.25) is 0 Å². The molecule has 3 aromatic rings. The van der Waals surface area contributed by atoms with Gasteiger partial charge in [0.05, 0.1) is 16.9 Å². The van der Waals surface area contributed by atoms with Crippen LogP contribution in [0.25, 0.3) is 10.9 Å². The number of piperidine rings is 1. The van der Waals surface area contributed by atoms with Gasteiger partial charge in [-0.15, -0.1) is 0 Å². The van der Waals surface area contributed by atoms with Crippen molar-refractivity contribution in [3.63, 3.8) is 0 Å². The van der Waals surface area contributed by atoms with Crippen LogP contribution < -0.4 is 10.1 Å². The summed E-state index contributed by atoms with van der Waals surface area (Å²) in [5, 5.41) is 3.87. The number of carbonyl (C=O) groups excluding carboxylic acids is 1. The Morgan fingerprint density at radius 3 is 2.62 bits per heavy atom. The molecule has 34 heavy (non-hydrogen) atoms. The molecule has 1 saturated heterocycles. The molecule has 1 N–H and O–H groups in total. The van der Waals surface area contributed by atoms with E-state index >= 15 is 0 Å². The van der Waals surface area contributed by atoms with E-state index in [-0.39, 0.29) is 29.4 Å². The summed E-state index contributed by atoms with van der Waals surface area (Å²) < 4.78 is 35.9. The van der Waals surface area contributed by atoms with E-state index < -0.39 is 10.0 Å². The maximum absolute atomic E-state index is 13.3. The topological polar surface area (TPSA) is 80.6 Å². The Morgan fingerprint density at radius 2 is 1.91 bits per heavy atom. The molecule has 182 valence electrons. The van der Waals surface area contributed by atoms with Crippen molar-refractivity contribution >= 4 is 26.8 Å². The molecule has 1 amide bonds. The lowest BCUT2D eigenvalue weighted by molar-refractivity contribution is -0.126. The van der Waals surface area contributed by atoms with Crippen molar-refractivity contribution in [3.8, 4) is 5.75 Å². The summed E-state index contributed by atoms with van der Waals surface area (Å²) in [6, 6.07) is 14.8. The fraction of sp³-hybridized carbons (Fsp3) is 0.423. The molecule has 1 aliphatic heterocycles. The van der Waals surface area contributed by atoms with Gasteiger partial charge in [-0.3, -0.25) is 4.79 Å². The molecule has 1 unspecified atom stereocenters. The average Bonchev–Trinajstić information content (AvgIpc) is 3.25. The highest BCUT2D eigenvalue weighted by atomic mass is 32.2. The van der Waals surface area contributed by atoms with Gasteiger partial charge < -0.3 is 14.6 Å². The van der Waals surface area contributed by atoms with Gasteiger partial charge in [-0.05, 0) is 75.6 Å². The van der Waals surface area contributed by atoms with Crippen LogP contribution in [0, 0.1) is 5.92 Å². The summed E-state index contributed by atoms with van der Waals surface area (Å²) >= 11 is 0. The number of amides is 1. The highest BCUT2D eigenvalue weighted by molar-refractivity contribution is 7.89. The minimum atomic E-state index is -3.67. The summed E-state index contributed by atoms with van der Waals surface area (Å²) in [6.45, 7) is 7.86. The minimum Gasteiger partial charge on any atom is -0.491 e. The zero-order chi connectivity index (χ0) is 24.3. The van der Waals surface area contributed by atoms with E-state index in [0.29, 0.717) is 25.9 Å². The predicted octanol–water partition coefficient (Wildman–Crippen LogP) is 4.17. The summed E-state index contributed by atoms with van der Waals surface area (Å²) in [5.41, 5.74) is 1.98. The number of aromatic nitrogens is 1. The second-order valence-corrected chi connectivity index (χ2v) is 11.0. The van der Waals surface area contributed by atoms with E-state index in [1.54, 1.807) is 12.1 Å². The number of nitrogens with one attached hydrogen (secondary N) is 1. The van der Waals surface area contributed by atoms with Gasteiger partial charge >= 0.3 is 0 Å². The molecule has 1 fully saturated rings. The smallest absolute Gasteiger partial charge is 0.243 e. The van der Waals surface area contributed by atoms with Gasteiger partial charge in [-0.1, -0.05) is 12.1 Å². The zero-order valence-electron chi connectivity index (χ0n) is 20.0. The Bertz CT molecular complexity index is 1250. The number of hydrogen-bond donors (Lipinski definition) is 1. The van der Waals surface area contributed by atoms with Crippen molar-refractivity contribution in [2.45, 2.75) is 57.7 Å². The molecule has 4 rings (SSSR count). The Balaban J connectivity index is 1.39. The Labute approximate surface area is 201 Å². The highest BCUT2D eigenvalue weighted by Crippen LogP contribution is 2.27. The van der Waals surface area contributed by atoms with Crippen LogP contribution in [0.5, 0.6) is 5.75 Å². The van der Waals surface area contributed by atoms with Crippen molar-refractivity contribution < 1.29 is 17.9 Å². The molecular formula is C26H33N3O4S. The summed E-state index contributed by atoms with van der Waals surface area (Å²) in [6.07, 6.45) is 3.41. The molecule has 0 bridgehead atoms. The van der Waals surface area contributed by atoms with E-state index in [2.05, 4.69) is 16.8 Å². The molecular weight excluding hydrogens is 450 g/mol. The van der Waals surface area contributed by atoms with E-state index in [9.17, 15) is 13.2 Å². The quantitative estimate of drug-likeness (QED) is 0.522. The molecule has 0 aliphatic carbocycles. The number of sulfonamides is 1. The Morgan fingerprint density at radius 1 is 1.15 bits per heavy atom. The van der Waals surface area contributed by atoms with Gasteiger partial charge in [-0.2, -0.15) is 4.31 Å². The van der Waals surface area contributed by atoms with Gasteiger partial charge in [0, 0.05) is 43.3 Å². The number of ether oxygens (including phenoxy) is 1. The van der Waals surface area contributed by atoms with Crippen LogP contribution in [0.4, 0.5) is 0 Å². The first kappa shape index (κ1) is 24.3. The largest absolute Gasteiger partial charge is 0.491 e. The molecule has 8 heteroatoms. The molecule has 1 aromatic heterocycles. The van der Waals surface area contributed by atoms with Crippen molar-refractivity contribution in [1.82, 2.24) is 14.2 Å². The maximum atomic E-state index is 13.3. The number of carbonyl (C=O) groups is 1. The minimum absolute atomic E-state index is 0.107. The lowest BCUT2D eigenvalue weighted by atomic mass is 9.99. The number of aryl methyl sites for hydroxylation is 1. The van der Waals surface area contributed by atoms with Gasteiger partial charge in [0.2, 0.25) is 15.9 Å². The van der Waals surface area contributed by atoms with Gasteiger partial charge in [0.1, 0.15) is 5.75 Å². The first-order chi connectivity index (χ1) is 16.3. The summed E-state index contributed by atoms with van der Waals surface area (Å²) in [4.78, 5) is 13.1. The highest BCUT2D eigenvalue weighted by Gasteiger charge is 2.33.